The van der Waals surface area contributed by atoms with E-state index in [0.717, 1.165) is 0 Å². The molecule has 0 amide bonds. The molecule has 7 nitrogen and oxygen atoms in total. The van der Waals surface area contributed by atoms with E-state index in [1.54, 1.807) is 0 Å². The average Bonchev–Trinajstić information content (AvgIpc) is 1.59. The van der Waals surface area contributed by atoms with Crippen molar-refractivity contribution >= 4 is 26.0 Å². The quantitative estimate of drug-likeness (QED) is 0.393. The summed E-state index contributed by atoms with van der Waals surface area (Å²) < 4.78 is 54.8. The van der Waals surface area contributed by atoms with E-state index in [1.165, 1.54) is 0 Å². The van der Waals surface area contributed by atoms with Gasteiger partial charge < -0.3 is 4.89 Å². The van der Waals surface area contributed by atoms with Crippen LogP contribution in [0, 0.1) is 0 Å². The van der Waals surface area contributed by atoms with Crippen LogP contribution in [0.4, 0.5) is 0 Å². The van der Waals surface area contributed by atoms with Crippen molar-refractivity contribution in [1.29, 1.82) is 0 Å². The number of rotatable bonds is 2. The van der Waals surface area contributed by atoms with Crippen LogP contribution in [0.15, 0.2) is 0 Å². The Morgan fingerprint density at radius 1 is 0.900 bits per heavy atom. The molecular weight excluding hydrogens is 207 g/mol. The summed E-state index contributed by atoms with van der Waals surface area (Å²) in [5.74, 6) is 0. The zero-order valence-electron chi connectivity index (χ0n) is 4.24. The Bertz CT molecular complexity index is 260. The van der Waals surface area contributed by atoms with Gasteiger partial charge in [0.15, 0.2) is 0 Å². The van der Waals surface area contributed by atoms with Crippen molar-refractivity contribution in [2.75, 3.05) is 0 Å². The predicted molar refractivity (Wildman–Crippen MR) is 32.2 cm³/mol. The molecule has 0 aromatic rings. The minimum Gasteiger partial charge on any atom is -0.344 e. The van der Waals surface area contributed by atoms with Gasteiger partial charge in [-0.2, -0.15) is 16.8 Å². The lowest BCUT2D eigenvalue weighted by molar-refractivity contribution is 0.485. The summed E-state index contributed by atoms with van der Waals surface area (Å²) in [4.78, 5) is 8.11. The maximum Gasteiger partial charge on any atom is 0.336 e. The van der Waals surface area contributed by atoms with Gasteiger partial charge in [0.2, 0.25) is 0 Å². The Hall–Kier alpha value is 0.210. The summed E-state index contributed by atoms with van der Waals surface area (Å²) in [6.07, 6.45) is 0. The molecule has 0 aromatic carbocycles. The first-order valence-corrected chi connectivity index (χ1v) is 6.98. The summed E-state index contributed by atoms with van der Waals surface area (Å²) in [6.45, 7) is -3.81. The molecule has 0 aliphatic rings. The second kappa shape index (κ2) is 2.68. The van der Waals surface area contributed by atoms with Gasteiger partial charge in [-0.3, -0.25) is 9.11 Å². The highest BCUT2D eigenvalue weighted by Crippen LogP contribution is 2.42. The SMILES string of the molecule is O=S(=O)(O)P(O)S(=O)(=O)O. The summed E-state index contributed by atoms with van der Waals surface area (Å²) in [5, 5.41) is 0. The first kappa shape index (κ1) is 10.2. The van der Waals surface area contributed by atoms with E-state index in [9.17, 15) is 16.8 Å². The van der Waals surface area contributed by atoms with Crippen molar-refractivity contribution in [2.24, 2.45) is 0 Å². The highest BCUT2D eigenvalue weighted by atomic mass is 33.1. The van der Waals surface area contributed by atoms with E-state index in [4.69, 9.17) is 14.0 Å². The molecule has 0 aliphatic carbocycles. The molecule has 0 bridgehead atoms. The second-order valence-electron chi connectivity index (χ2n) is 1.13. The lowest BCUT2D eigenvalue weighted by Crippen LogP contribution is -2.03. The molecule has 0 radical (unpaired) electrons. The van der Waals surface area contributed by atoms with E-state index >= 15 is 0 Å². The summed E-state index contributed by atoms with van der Waals surface area (Å²) in [5.41, 5.74) is 0. The van der Waals surface area contributed by atoms with Gasteiger partial charge in [-0.15, -0.1) is 0 Å². The van der Waals surface area contributed by atoms with Gasteiger partial charge >= 0.3 is 26.0 Å². The fourth-order valence-electron chi connectivity index (χ4n) is 0.119. The fourth-order valence-corrected chi connectivity index (χ4v) is 3.21. The average molecular weight is 210 g/mol. The van der Waals surface area contributed by atoms with Crippen LogP contribution in [0.1, 0.15) is 0 Å². The molecule has 0 spiro atoms. The third-order valence-electron chi connectivity index (χ3n) is 0.395. The van der Waals surface area contributed by atoms with E-state index < -0.39 is 26.0 Å². The standard InChI is InChI=1S/H3O7PS2/c1-8(9(2,3)4)10(5,6)7/h1H,(H,2,3,4)(H,5,6,7). The molecule has 0 atom stereocenters. The van der Waals surface area contributed by atoms with Crippen LogP contribution in [0.25, 0.3) is 0 Å². The first-order chi connectivity index (χ1) is 4.15. The Morgan fingerprint density at radius 2 is 1.10 bits per heavy atom. The molecular formula is H3O7PS2. The Kier molecular flexibility index (Phi) is 2.74. The van der Waals surface area contributed by atoms with Crippen LogP contribution in [0.5, 0.6) is 0 Å². The highest BCUT2D eigenvalue weighted by molar-refractivity contribution is 8.78. The summed E-state index contributed by atoms with van der Waals surface area (Å²) >= 11 is 0. The van der Waals surface area contributed by atoms with Gasteiger partial charge in [-0.25, -0.2) is 0 Å². The molecule has 0 rings (SSSR count). The van der Waals surface area contributed by atoms with Crippen molar-refractivity contribution in [1.82, 2.24) is 0 Å². The fraction of sp³-hybridized carbons (Fsp3) is 0. The molecule has 0 aliphatic heterocycles. The van der Waals surface area contributed by atoms with Crippen LogP contribution in [-0.2, 0) is 19.5 Å². The Balaban J connectivity index is 4.94. The maximum absolute atomic E-state index is 9.77. The van der Waals surface area contributed by atoms with Crippen LogP contribution < -0.4 is 0 Å². The Morgan fingerprint density at radius 3 is 1.10 bits per heavy atom. The van der Waals surface area contributed by atoms with Crippen molar-refractivity contribution in [2.45, 2.75) is 0 Å². The van der Waals surface area contributed by atoms with Crippen LogP contribution in [0.3, 0.4) is 0 Å². The largest absolute Gasteiger partial charge is 0.344 e. The molecule has 0 saturated carbocycles. The minimum absolute atomic E-state index is 3.81. The van der Waals surface area contributed by atoms with Crippen molar-refractivity contribution in [3.63, 3.8) is 0 Å². The lowest BCUT2D eigenvalue weighted by atomic mass is 15.9. The summed E-state index contributed by atoms with van der Waals surface area (Å²) in [6, 6.07) is 0. The Labute approximate surface area is 57.5 Å². The van der Waals surface area contributed by atoms with Crippen molar-refractivity contribution in [3.05, 3.63) is 0 Å². The molecule has 10 heavy (non-hydrogen) atoms. The smallest absolute Gasteiger partial charge is 0.336 e. The molecule has 10 heteroatoms. The van der Waals surface area contributed by atoms with Gasteiger partial charge in [0.05, 0.1) is 0 Å². The van der Waals surface area contributed by atoms with E-state index in [1.807, 2.05) is 0 Å². The zero-order chi connectivity index (χ0) is 8.58. The predicted octanol–water partition coefficient (Wildman–Crippen LogP) is -1.02. The van der Waals surface area contributed by atoms with Crippen LogP contribution >= 0.6 is 6.55 Å². The van der Waals surface area contributed by atoms with Gasteiger partial charge in [0.1, 0.15) is 0 Å². The molecule has 0 unspecified atom stereocenters. The van der Waals surface area contributed by atoms with Gasteiger partial charge in [-0.05, 0) is 0 Å². The molecule has 3 N–H and O–H groups in total. The zero-order valence-corrected chi connectivity index (χ0v) is 6.77. The normalized spacial score (nSPS) is 14.0. The maximum atomic E-state index is 9.77. The molecule has 0 saturated heterocycles. The van der Waals surface area contributed by atoms with Gasteiger partial charge in [0, 0.05) is 0 Å². The third-order valence-corrected chi connectivity index (χ3v) is 6.94. The van der Waals surface area contributed by atoms with Crippen LogP contribution in [-0.4, -0.2) is 30.8 Å². The first-order valence-electron chi connectivity index (χ1n) is 1.60. The third kappa shape index (κ3) is 2.86. The minimum atomic E-state index is -5.08. The molecule has 0 fully saturated rings. The van der Waals surface area contributed by atoms with Crippen molar-refractivity contribution in [3.8, 4) is 0 Å². The molecule has 62 valence electrons. The van der Waals surface area contributed by atoms with Crippen molar-refractivity contribution < 1.29 is 30.8 Å². The van der Waals surface area contributed by atoms with E-state index in [0.29, 0.717) is 0 Å². The van der Waals surface area contributed by atoms with Gasteiger partial charge in [0.25, 0.3) is 0 Å². The number of hydrogen-bond acceptors (Lipinski definition) is 5. The highest BCUT2D eigenvalue weighted by Gasteiger charge is 2.34. The van der Waals surface area contributed by atoms with Crippen LogP contribution in [0.2, 0.25) is 0 Å². The summed E-state index contributed by atoms with van der Waals surface area (Å²) in [7, 11) is -10.2. The van der Waals surface area contributed by atoms with Gasteiger partial charge in [-0.1, -0.05) is 0 Å². The molecule has 0 heterocycles. The van der Waals surface area contributed by atoms with E-state index in [2.05, 4.69) is 0 Å². The lowest BCUT2D eigenvalue weighted by Gasteiger charge is -1.98. The topological polar surface area (TPSA) is 129 Å². The molecule has 0 aromatic heterocycles. The number of hydrogen-bond donors (Lipinski definition) is 3. The van der Waals surface area contributed by atoms with E-state index in [-0.39, 0.29) is 0 Å². The monoisotopic (exact) mass is 210 g/mol. The second-order valence-corrected chi connectivity index (χ2v) is 8.94.